The van der Waals surface area contributed by atoms with Gasteiger partial charge in [-0.2, -0.15) is 0 Å². The van der Waals surface area contributed by atoms with E-state index in [0.717, 1.165) is 5.69 Å². The largest absolute Gasteiger partial charge is 0.465 e. The molecule has 1 unspecified atom stereocenters. The minimum Gasteiger partial charge on any atom is -0.465 e. The summed E-state index contributed by atoms with van der Waals surface area (Å²) in [4.78, 5) is 25.3. The molecule has 1 aliphatic rings. The van der Waals surface area contributed by atoms with Gasteiger partial charge in [-0.25, -0.2) is 0 Å². The van der Waals surface area contributed by atoms with Crippen molar-refractivity contribution in [1.29, 1.82) is 0 Å². The molecule has 0 saturated heterocycles. The molecular weight excluding hydrogens is 338 g/mol. The fraction of sp³-hybridized carbons (Fsp3) is 0.304. The highest BCUT2D eigenvalue weighted by molar-refractivity contribution is 6.08. The van der Waals surface area contributed by atoms with E-state index in [1.54, 1.807) is 18.2 Å². The molecule has 1 aromatic heterocycles. The Morgan fingerprint density at radius 2 is 1.81 bits per heavy atom. The van der Waals surface area contributed by atoms with Crippen molar-refractivity contribution >= 4 is 11.8 Å². The number of aromatic nitrogens is 1. The minimum absolute atomic E-state index is 0.0210. The third kappa shape index (κ3) is 3.96. The van der Waals surface area contributed by atoms with Crippen molar-refractivity contribution in [1.82, 2.24) is 4.57 Å². The Kier molecular flexibility index (Phi) is 5.79. The number of nitrogens with zero attached hydrogens (tertiary/aromatic N) is 1. The summed E-state index contributed by atoms with van der Waals surface area (Å²) in [6, 6.07) is 12.8. The van der Waals surface area contributed by atoms with Gasteiger partial charge in [0, 0.05) is 36.6 Å². The van der Waals surface area contributed by atoms with E-state index < -0.39 is 0 Å². The van der Waals surface area contributed by atoms with Crippen LogP contribution in [0.4, 0.5) is 0 Å². The van der Waals surface area contributed by atoms with Crippen LogP contribution in [0, 0.1) is 30.6 Å². The van der Waals surface area contributed by atoms with E-state index >= 15 is 0 Å². The summed E-state index contributed by atoms with van der Waals surface area (Å²) in [5, 5.41) is 0. The van der Waals surface area contributed by atoms with Crippen LogP contribution in [-0.4, -0.2) is 22.9 Å². The van der Waals surface area contributed by atoms with E-state index in [1.807, 2.05) is 28.8 Å². The summed E-state index contributed by atoms with van der Waals surface area (Å²) in [6.07, 6.45) is 12.3. The van der Waals surface area contributed by atoms with Crippen LogP contribution in [0.1, 0.15) is 46.9 Å². The van der Waals surface area contributed by atoms with Crippen molar-refractivity contribution in [2.45, 2.75) is 31.7 Å². The first-order valence-corrected chi connectivity index (χ1v) is 8.98. The molecule has 136 valence electrons. The van der Waals surface area contributed by atoms with Crippen molar-refractivity contribution in [2.75, 3.05) is 6.61 Å². The molecule has 0 amide bonds. The molecule has 2 aromatic rings. The quantitative estimate of drug-likeness (QED) is 0.432. The van der Waals surface area contributed by atoms with Gasteiger partial charge in [-0.1, -0.05) is 30.3 Å². The van der Waals surface area contributed by atoms with Gasteiger partial charge < -0.3 is 9.30 Å². The molecule has 1 aromatic carbocycles. The van der Waals surface area contributed by atoms with Crippen molar-refractivity contribution in [3.05, 3.63) is 59.4 Å². The van der Waals surface area contributed by atoms with Gasteiger partial charge >= 0.3 is 5.97 Å². The SMILES string of the molecule is C#CCC(CC#C)COC(=O)C1CCn2c(C(=O)c3ccccc3)ccc21. The fourth-order valence-corrected chi connectivity index (χ4v) is 3.44. The van der Waals surface area contributed by atoms with Crippen molar-refractivity contribution in [3.8, 4) is 24.7 Å². The third-order valence-electron chi connectivity index (χ3n) is 4.84. The molecule has 0 aliphatic carbocycles. The molecule has 3 rings (SSSR count). The lowest BCUT2D eigenvalue weighted by Gasteiger charge is -2.14. The van der Waals surface area contributed by atoms with Crippen LogP contribution in [0.3, 0.4) is 0 Å². The van der Waals surface area contributed by atoms with Crippen LogP contribution in [0.25, 0.3) is 0 Å². The van der Waals surface area contributed by atoms with E-state index in [2.05, 4.69) is 11.8 Å². The normalized spacial score (nSPS) is 15.0. The summed E-state index contributed by atoms with van der Waals surface area (Å²) in [7, 11) is 0. The number of esters is 1. The Bertz CT molecular complexity index is 895. The number of rotatable bonds is 7. The first-order chi connectivity index (χ1) is 13.2. The summed E-state index contributed by atoms with van der Waals surface area (Å²) >= 11 is 0. The molecule has 0 radical (unpaired) electrons. The molecule has 4 nitrogen and oxygen atoms in total. The van der Waals surface area contributed by atoms with Gasteiger partial charge in [-0.15, -0.1) is 24.7 Å². The zero-order valence-electron chi connectivity index (χ0n) is 15.1. The predicted octanol–water partition coefficient (Wildman–Crippen LogP) is 3.41. The Morgan fingerprint density at radius 3 is 2.48 bits per heavy atom. The first-order valence-electron chi connectivity index (χ1n) is 8.98. The highest BCUT2D eigenvalue weighted by Gasteiger charge is 2.33. The van der Waals surface area contributed by atoms with Crippen molar-refractivity contribution in [2.24, 2.45) is 5.92 Å². The molecule has 0 fully saturated rings. The number of hydrogen-bond donors (Lipinski definition) is 0. The van der Waals surface area contributed by atoms with Crippen LogP contribution in [0.2, 0.25) is 0 Å². The van der Waals surface area contributed by atoms with E-state index in [0.29, 0.717) is 37.1 Å². The Balaban J connectivity index is 1.70. The summed E-state index contributed by atoms with van der Waals surface area (Å²) in [6.45, 7) is 0.842. The number of terminal acetylenes is 2. The molecule has 0 spiro atoms. The van der Waals surface area contributed by atoms with Crippen molar-refractivity contribution < 1.29 is 14.3 Å². The number of ketones is 1. The number of hydrogen-bond acceptors (Lipinski definition) is 3. The van der Waals surface area contributed by atoms with E-state index in [-0.39, 0.29) is 30.2 Å². The number of carbonyl (C=O) groups is 2. The monoisotopic (exact) mass is 359 g/mol. The Hall–Kier alpha value is -3.24. The topological polar surface area (TPSA) is 48.3 Å². The molecule has 0 saturated carbocycles. The number of fused-ring (bicyclic) bond motifs is 1. The molecule has 0 N–H and O–H groups in total. The maximum absolute atomic E-state index is 12.7. The predicted molar refractivity (Wildman–Crippen MR) is 103 cm³/mol. The van der Waals surface area contributed by atoms with Gasteiger partial charge in [0.1, 0.15) is 0 Å². The van der Waals surface area contributed by atoms with Gasteiger partial charge in [-0.3, -0.25) is 9.59 Å². The zero-order valence-corrected chi connectivity index (χ0v) is 15.1. The first kappa shape index (κ1) is 18.5. The molecule has 27 heavy (non-hydrogen) atoms. The van der Waals surface area contributed by atoms with Crippen LogP contribution in [-0.2, 0) is 16.1 Å². The van der Waals surface area contributed by atoms with E-state index in [9.17, 15) is 9.59 Å². The van der Waals surface area contributed by atoms with Gasteiger partial charge in [0.15, 0.2) is 0 Å². The van der Waals surface area contributed by atoms with Gasteiger partial charge in [0.25, 0.3) is 0 Å². The van der Waals surface area contributed by atoms with Crippen LogP contribution >= 0.6 is 0 Å². The van der Waals surface area contributed by atoms with Crippen LogP contribution in [0.5, 0.6) is 0 Å². The number of benzene rings is 1. The highest BCUT2D eigenvalue weighted by Crippen LogP contribution is 2.32. The molecule has 2 heterocycles. The maximum Gasteiger partial charge on any atom is 0.315 e. The molecule has 0 bridgehead atoms. The maximum atomic E-state index is 12.7. The highest BCUT2D eigenvalue weighted by atomic mass is 16.5. The van der Waals surface area contributed by atoms with E-state index in [4.69, 9.17) is 17.6 Å². The molecule has 1 aliphatic heterocycles. The smallest absolute Gasteiger partial charge is 0.315 e. The lowest BCUT2D eigenvalue weighted by molar-refractivity contribution is -0.146. The minimum atomic E-state index is -0.361. The standard InChI is InChI=1S/C23H21NO3/c1-3-8-17(9-4-2)16-27-23(26)19-14-15-24-20(19)12-13-21(24)22(25)18-10-6-5-7-11-18/h1-2,5-7,10-13,17,19H,8-9,14-16H2. The van der Waals surface area contributed by atoms with E-state index in [1.165, 1.54) is 0 Å². The average Bonchev–Trinajstić information content (AvgIpc) is 3.28. The number of ether oxygens (including phenoxy) is 1. The fourth-order valence-electron chi connectivity index (χ4n) is 3.44. The lowest BCUT2D eigenvalue weighted by atomic mass is 10.0. The molecule has 4 heteroatoms. The zero-order chi connectivity index (χ0) is 19.2. The summed E-state index contributed by atoms with van der Waals surface area (Å²) in [5.74, 6) is 4.42. The summed E-state index contributed by atoms with van der Waals surface area (Å²) < 4.78 is 7.39. The lowest BCUT2D eigenvalue weighted by Crippen LogP contribution is -2.18. The third-order valence-corrected chi connectivity index (χ3v) is 4.84. The Labute approximate surface area is 159 Å². The number of carbonyl (C=O) groups excluding carboxylic acids is 2. The summed E-state index contributed by atoms with van der Waals surface area (Å²) in [5.41, 5.74) is 2.06. The second-order valence-corrected chi connectivity index (χ2v) is 6.64. The average molecular weight is 359 g/mol. The van der Waals surface area contributed by atoms with Crippen LogP contribution < -0.4 is 0 Å². The van der Waals surface area contributed by atoms with Crippen LogP contribution in [0.15, 0.2) is 42.5 Å². The van der Waals surface area contributed by atoms with Gasteiger partial charge in [-0.05, 0) is 18.6 Å². The molecule has 1 atom stereocenters. The van der Waals surface area contributed by atoms with Gasteiger partial charge in [0.05, 0.1) is 18.2 Å². The molecular formula is C23H21NO3. The second-order valence-electron chi connectivity index (χ2n) is 6.64. The van der Waals surface area contributed by atoms with Crippen molar-refractivity contribution in [3.63, 3.8) is 0 Å². The second kappa shape index (κ2) is 8.43. The Morgan fingerprint density at radius 1 is 1.11 bits per heavy atom. The van der Waals surface area contributed by atoms with Gasteiger partial charge in [0.2, 0.25) is 5.78 Å².